The fourth-order valence-corrected chi connectivity index (χ4v) is 3.47. The third-order valence-electron chi connectivity index (χ3n) is 3.93. The summed E-state index contributed by atoms with van der Waals surface area (Å²) in [6.45, 7) is 1.31. The van der Waals surface area contributed by atoms with Crippen LogP contribution in [-0.4, -0.2) is 59.1 Å². The standard InChI is InChI=1S/C16H17FN4O5S/c1-8(23)18-5-10-6-21(16(25)26-10)9-2-3-11(12(17)4-9)15-20-19-14(24)13(7-22)27-15/h2-4,10,13,22H,5-7H2,1H3,(H,18,23)(H,19,24)/t10-,13?/m0/s1. The Morgan fingerprint density at radius 3 is 2.96 bits per heavy atom. The Balaban J connectivity index is 1.74. The molecule has 3 rings (SSSR count). The Bertz CT molecular complexity index is 818. The average molecular weight is 396 g/mol. The molecule has 2 atom stereocenters. The van der Waals surface area contributed by atoms with E-state index in [1.54, 1.807) is 0 Å². The first-order valence-corrected chi connectivity index (χ1v) is 8.94. The Morgan fingerprint density at radius 2 is 2.30 bits per heavy atom. The quantitative estimate of drug-likeness (QED) is 0.653. The highest BCUT2D eigenvalue weighted by molar-refractivity contribution is 8.15. The number of halogens is 1. The lowest BCUT2D eigenvalue weighted by molar-refractivity contribution is -0.121. The van der Waals surface area contributed by atoms with Crippen molar-refractivity contribution in [3.05, 3.63) is 29.6 Å². The Labute approximate surface area is 157 Å². The van der Waals surface area contributed by atoms with Gasteiger partial charge in [-0.1, -0.05) is 11.8 Å². The number of carbonyl (C=O) groups is 3. The monoisotopic (exact) mass is 396 g/mol. The van der Waals surface area contributed by atoms with E-state index in [1.165, 1.54) is 30.0 Å². The van der Waals surface area contributed by atoms with Gasteiger partial charge in [-0.3, -0.25) is 14.5 Å². The second-order valence-electron chi connectivity index (χ2n) is 5.90. The minimum atomic E-state index is -0.764. The molecule has 0 radical (unpaired) electrons. The molecule has 1 saturated heterocycles. The minimum absolute atomic E-state index is 0.143. The van der Waals surface area contributed by atoms with E-state index >= 15 is 0 Å². The first-order valence-electron chi connectivity index (χ1n) is 8.06. The van der Waals surface area contributed by atoms with Gasteiger partial charge in [-0.15, -0.1) is 0 Å². The Morgan fingerprint density at radius 1 is 1.52 bits per heavy atom. The molecule has 1 unspecified atom stereocenters. The van der Waals surface area contributed by atoms with Crippen LogP contribution < -0.4 is 15.6 Å². The van der Waals surface area contributed by atoms with Gasteiger partial charge in [0, 0.05) is 12.5 Å². The first kappa shape index (κ1) is 19.1. The molecule has 1 aromatic rings. The van der Waals surface area contributed by atoms with Crippen molar-refractivity contribution in [2.45, 2.75) is 18.3 Å². The normalized spacial score (nSPS) is 22.2. The van der Waals surface area contributed by atoms with Crippen molar-refractivity contribution < 1.29 is 28.6 Å². The molecule has 27 heavy (non-hydrogen) atoms. The number of carbonyl (C=O) groups excluding carboxylic acids is 3. The number of nitrogens with one attached hydrogen (secondary N) is 2. The third kappa shape index (κ3) is 4.19. The number of amides is 3. The van der Waals surface area contributed by atoms with Crippen molar-refractivity contribution in [1.82, 2.24) is 10.7 Å². The van der Waals surface area contributed by atoms with Gasteiger partial charge in [-0.25, -0.2) is 14.6 Å². The Hall–Kier alpha value is -2.66. The lowest BCUT2D eigenvalue weighted by atomic mass is 10.2. The van der Waals surface area contributed by atoms with Crippen molar-refractivity contribution in [2.75, 3.05) is 24.6 Å². The van der Waals surface area contributed by atoms with Crippen LogP contribution >= 0.6 is 11.8 Å². The fourth-order valence-electron chi connectivity index (χ4n) is 2.58. The number of anilines is 1. The predicted molar refractivity (Wildman–Crippen MR) is 95.8 cm³/mol. The summed E-state index contributed by atoms with van der Waals surface area (Å²) in [5, 5.41) is 15.0. The van der Waals surface area contributed by atoms with Crippen molar-refractivity contribution in [2.24, 2.45) is 5.10 Å². The van der Waals surface area contributed by atoms with Crippen LogP contribution in [0.2, 0.25) is 0 Å². The van der Waals surface area contributed by atoms with Crippen LogP contribution in [0.25, 0.3) is 0 Å². The van der Waals surface area contributed by atoms with Gasteiger partial charge in [-0.05, 0) is 18.2 Å². The molecular weight excluding hydrogens is 379 g/mol. The molecule has 144 valence electrons. The largest absolute Gasteiger partial charge is 0.442 e. The molecule has 1 fully saturated rings. The number of nitrogens with zero attached hydrogens (tertiary/aromatic N) is 2. The summed E-state index contributed by atoms with van der Waals surface area (Å²) < 4.78 is 19.7. The Kier molecular flexibility index (Phi) is 5.61. The second kappa shape index (κ2) is 7.92. The van der Waals surface area contributed by atoms with Crippen molar-refractivity contribution in [3.63, 3.8) is 0 Å². The molecule has 0 aromatic heterocycles. The van der Waals surface area contributed by atoms with Gasteiger partial charge >= 0.3 is 6.09 Å². The molecule has 0 spiro atoms. The summed E-state index contributed by atoms with van der Waals surface area (Å²) >= 11 is 0.958. The van der Waals surface area contributed by atoms with E-state index in [4.69, 9.17) is 4.74 Å². The summed E-state index contributed by atoms with van der Waals surface area (Å²) in [4.78, 5) is 35.7. The van der Waals surface area contributed by atoms with E-state index in [0.29, 0.717) is 5.69 Å². The lowest BCUT2D eigenvalue weighted by Crippen LogP contribution is -2.37. The molecule has 9 nitrogen and oxygen atoms in total. The highest BCUT2D eigenvalue weighted by Crippen LogP contribution is 2.28. The molecule has 0 aliphatic carbocycles. The number of aliphatic hydroxyl groups excluding tert-OH is 1. The zero-order valence-corrected chi connectivity index (χ0v) is 15.1. The number of aliphatic hydroxyl groups is 1. The number of thioether (sulfide) groups is 1. The van der Waals surface area contributed by atoms with Crippen molar-refractivity contribution in [3.8, 4) is 0 Å². The molecule has 3 N–H and O–H groups in total. The van der Waals surface area contributed by atoms with Crippen LogP contribution in [0.15, 0.2) is 23.3 Å². The van der Waals surface area contributed by atoms with Gasteiger partial charge in [0.2, 0.25) is 5.91 Å². The second-order valence-corrected chi connectivity index (χ2v) is 7.09. The maximum atomic E-state index is 14.6. The molecule has 0 saturated carbocycles. The number of cyclic esters (lactones) is 1. The van der Waals surface area contributed by atoms with Gasteiger partial charge in [0.25, 0.3) is 5.91 Å². The number of hydrazone groups is 1. The van der Waals surface area contributed by atoms with Crippen molar-refractivity contribution >= 4 is 40.4 Å². The summed E-state index contributed by atoms with van der Waals surface area (Å²) in [5.74, 6) is -1.32. The van der Waals surface area contributed by atoms with Gasteiger partial charge in [0.1, 0.15) is 22.2 Å². The minimum Gasteiger partial charge on any atom is -0.442 e. The number of ether oxygens (including phenoxy) is 1. The highest BCUT2D eigenvalue weighted by Gasteiger charge is 2.33. The molecule has 2 aliphatic heterocycles. The molecular formula is C16H17FN4O5S. The van der Waals surface area contributed by atoms with E-state index < -0.39 is 35.8 Å². The number of rotatable bonds is 5. The zero-order valence-electron chi connectivity index (χ0n) is 14.3. The topological polar surface area (TPSA) is 120 Å². The summed E-state index contributed by atoms with van der Waals surface area (Å²) in [5.41, 5.74) is 2.69. The van der Waals surface area contributed by atoms with E-state index in [-0.39, 0.29) is 29.6 Å². The smallest absolute Gasteiger partial charge is 0.414 e. The van der Waals surface area contributed by atoms with Crippen LogP contribution in [0.3, 0.4) is 0 Å². The summed E-state index contributed by atoms with van der Waals surface area (Å²) in [6.07, 6.45) is -1.16. The van der Waals surface area contributed by atoms with Crippen LogP contribution in [0.4, 0.5) is 14.9 Å². The number of hydrogen-bond acceptors (Lipinski definition) is 7. The van der Waals surface area contributed by atoms with E-state index in [1.807, 2.05) is 0 Å². The third-order valence-corrected chi connectivity index (χ3v) is 5.11. The molecule has 2 aliphatic rings. The highest BCUT2D eigenvalue weighted by atomic mass is 32.2. The van der Waals surface area contributed by atoms with Gasteiger partial charge in [0.05, 0.1) is 25.4 Å². The van der Waals surface area contributed by atoms with Crippen LogP contribution in [0.5, 0.6) is 0 Å². The molecule has 0 bridgehead atoms. The van der Waals surface area contributed by atoms with Gasteiger partial charge in [0.15, 0.2) is 0 Å². The fraction of sp³-hybridized carbons (Fsp3) is 0.375. The first-order chi connectivity index (χ1) is 12.9. The molecule has 3 amide bonds. The van der Waals surface area contributed by atoms with E-state index in [9.17, 15) is 23.9 Å². The van der Waals surface area contributed by atoms with Crippen molar-refractivity contribution in [1.29, 1.82) is 0 Å². The van der Waals surface area contributed by atoms with Crippen LogP contribution in [0, 0.1) is 5.82 Å². The average Bonchev–Trinajstić information content (AvgIpc) is 3.01. The summed E-state index contributed by atoms with van der Waals surface area (Å²) in [7, 11) is 0. The van der Waals surface area contributed by atoms with Gasteiger partial charge < -0.3 is 15.2 Å². The molecule has 1 aromatic carbocycles. The lowest BCUT2D eigenvalue weighted by Gasteiger charge is -2.20. The van der Waals surface area contributed by atoms with E-state index in [0.717, 1.165) is 11.8 Å². The molecule has 2 heterocycles. The van der Waals surface area contributed by atoms with Gasteiger partial charge in [-0.2, -0.15) is 5.10 Å². The van der Waals surface area contributed by atoms with Crippen LogP contribution in [-0.2, 0) is 14.3 Å². The number of benzene rings is 1. The molecule has 11 heteroatoms. The van der Waals surface area contributed by atoms with Crippen LogP contribution in [0.1, 0.15) is 12.5 Å². The maximum absolute atomic E-state index is 14.6. The maximum Gasteiger partial charge on any atom is 0.414 e. The van der Waals surface area contributed by atoms with E-state index in [2.05, 4.69) is 15.8 Å². The number of hydrogen-bond donors (Lipinski definition) is 3. The zero-order chi connectivity index (χ0) is 19.6. The predicted octanol–water partition coefficient (Wildman–Crippen LogP) is 0.172. The SMILES string of the molecule is CC(=O)NC[C@H]1CN(c2ccc(C3=NNC(=O)C(CO)S3)c(F)c2)C(=O)O1. The summed E-state index contributed by atoms with van der Waals surface area (Å²) in [6, 6.07) is 4.15.